The maximum atomic E-state index is 2.40. The highest BCUT2D eigenvalue weighted by atomic mass is 14.3. The van der Waals surface area contributed by atoms with Gasteiger partial charge in [-0.2, -0.15) is 0 Å². The van der Waals surface area contributed by atoms with Gasteiger partial charge in [-0.25, -0.2) is 0 Å². The quantitative estimate of drug-likeness (QED) is 0.192. The fraction of sp³-hybridized carbons (Fsp3) is 0. The van der Waals surface area contributed by atoms with Crippen molar-refractivity contribution in [3.8, 4) is 22.3 Å². The van der Waals surface area contributed by atoms with Crippen LogP contribution in [0, 0.1) is 0 Å². The van der Waals surface area contributed by atoms with Crippen LogP contribution >= 0.6 is 0 Å². The Bertz CT molecular complexity index is 1600. The van der Waals surface area contributed by atoms with E-state index in [1.165, 1.54) is 65.3 Å². The van der Waals surface area contributed by atoms with Crippen LogP contribution in [0.2, 0.25) is 0 Å². The van der Waals surface area contributed by atoms with Gasteiger partial charge >= 0.3 is 0 Å². The van der Waals surface area contributed by atoms with E-state index in [1.807, 2.05) is 0 Å². The van der Waals surface area contributed by atoms with Crippen molar-refractivity contribution in [3.63, 3.8) is 0 Å². The molecule has 0 radical (unpaired) electrons. The first-order valence-corrected chi connectivity index (χ1v) is 9.80. The fourth-order valence-corrected chi connectivity index (χ4v) is 5.27. The normalized spacial score (nSPS) is 12.3. The van der Waals surface area contributed by atoms with Crippen LogP contribution in [0.3, 0.4) is 0 Å². The maximum Gasteiger partial charge on any atom is -0.000785 e. The molecule has 0 aromatic heterocycles. The van der Waals surface area contributed by atoms with Crippen molar-refractivity contribution in [2.45, 2.75) is 0 Å². The summed E-state index contributed by atoms with van der Waals surface area (Å²) < 4.78 is 0. The molecule has 0 unspecified atom stereocenters. The summed E-state index contributed by atoms with van der Waals surface area (Å²) in [7, 11) is 0. The molecule has 0 N–H and O–H groups in total. The Morgan fingerprint density at radius 3 is 1.71 bits per heavy atom. The van der Waals surface area contributed by atoms with E-state index >= 15 is 0 Å². The molecule has 1 aliphatic rings. The molecule has 0 atom stereocenters. The van der Waals surface area contributed by atoms with Crippen LogP contribution in [0.5, 0.6) is 0 Å². The van der Waals surface area contributed by atoms with E-state index in [0.717, 1.165) is 0 Å². The van der Waals surface area contributed by atoms with Gasteiger partial charge in [0.05, 0.1) is 0 Å². The first-order valence-electron chi connectivity index (χ1n) is 9.80. The molecular weight excluding hydrogens is 336 g/mol. The van der Waals surface area contributed by atoms with Crippen molar-refractivity contribution < 1.29 is 0 Å². The van der Waals surface area contributed by atoms with E-state index in [9.17, 15) is 0 Å². The van der Waals surface area contributed by atoms with Gasteiger partial charge in [0.25, 0.3) is 0 Å². The summed E-state index contributed by atoms with van der Waals surface area (Å²) in [5.41, 5.74) is 5.48. The minimum atomic E-state index is 1.33. The number of benzene rings is 6. The maximum absolute atomic E-state index is 2.40. The number of hydrogen-bond donors (Lipinski definition) is 0. The topological polar surface area (TPSA) is 0 Å². The summed E-state index contributed by atoms with van der Waals surface area (Å²) in [5.74, 6) is 0. The van der Waals surface area contributed by atoms with Crippen molar-refractivity contribution >= 4 is 43.1 Å². The van der Waals surface area contributed by atoms with Crippen LogP contribution in [0.15, 0.2) is 97.1 Å². The number of rotatable bonds is 0. The fourth-order valence-electron chi connectivity index (χ4n) is 5.27. The van der Waals surface area contributed by atoms with Gasteiger partial charge in [-0.15, -0.1) is 0 Å². The number of fused-ring (bicyclic) bond motifs is 10. The zero-order valence-electron chi connectivity index (χ0n) is 15.2. The minimum absolute atomic E-state index is 1.33. The van der Waals surface area contributed by atoms with Crippen molar-refractivity contribution in [1.82, 2.24) is 0 Å². The molecule has 0 fully saturated rings. The molecule has 6 aromatic rings. The third-order valence-electron chi connectivity index (χ3n) is 6.36. The average molecular weight is 352 g/mol. The summed E-state index contributed by atoms with van der Waals surface area (Å²) in [4.78, 5) is 0. The van der Waals surface area contributed by atoms with Crippen LogP contribution < -0.4 is 0 Å². The number of hydrogen-bond acceptors (Lipinski definition) is 0. The summed E-state index contributed by atoms with van der Waals surface area (Å²) in [6.45, 7) is 0. The van der Waals surface area contributed by atoms with Crippen LogP contribution in [0.25, 0.3) is 65.3 Å². The Morgan fingerprint density at radius 1 is 0.357 bits per heavy atom. The Balaban J connectivity index is 1.90. The third kappa shape index (κ3) is 1.62. The lowest BCUT2D eigenvalue weighted by Gasteiger charge is -2.15. The molecule has 0 bridgehead atoms. The monoisotopic (exact) mass is 352 g/mol. The highest BCUT2D eigenvalue weighted by molar-refractivity contribution is 6.35. The van der Waals surface area contributed by atoms with E-state index in [-0.39, 0.29) is 0 Å². The molecule has 28 heavy (non-hydrogen) atoms. The average Bonchev–Trinajstić information content (AvgIpc) is 3.10. The standard InChI is InChI=1S/C28H16/c1-2-11-20-18(9-1)19-10-3-5-13-23(19)27-25(20)16-17-8-7-15-22-21-12-4-6-14-24(21)28(27)26(17)22/h1-16H. The molecule has 0 aliphatic heterocycles. The zero-order chi connectivity index (χ0) is 18.2. The van der Waals surface area contributed by atoms with Gasteiger partial charge in [-0.3, -0.25) is 0 Å². The minimum Gasteiger partial charge on any atom is -0.0616 e. The highest BCUT2D eigenvalue weighted by Gasteiger charge is 2.24. The second-order valence-electron chi connectivity index (χ2n) is 7.71. The van der Waals surface area contributed by atoms with Crippen molar-refractivity contribution in [3.05, 3.63) is 97.1 Å². The molecule has 0 amide bonds. The summed E-state index contributed by atoms with van der Waals surface area (Å²) in [6.07, 6.45) is 0. The molecule has 0 saturated heterocycles. The molecule has 6 aromatic carbocycles. The van der Waals surface area contributed by atoms with Crippen LogP contribution in [-0.2, 0) is 0 Å². The predicted molar refractivity (Wildman–Crippen MR) is 121 cm³/mol. The van der Waals surface area contributed by atoms with E-state index in [0.29, 0.717) is 0 Å². The van der Waals surface area contributed by atoms with Crippen molar-refractivity contribution in [1.29, 1.82) is 0 Å². The lowest BCUT2D eigenvalue weighted by Crippen LogP contribution is -1.87. The molecule has 1 aliphatic carbocycles. The van der Waals surface area contributed by atoms with Gasteiger partial charge in [0, 0.05) is 0 Å². The molecule has 0 saturated carbocycles. The van der Waals surface area contributed by atoms with Crippen molar-refractivity contribution in [2.24, 2.45) is 0 Å². The largest absolute Gasteiger partial charge is 0.0616 e. The summed E-state index contributed by atoms with van der Waals surface area (Å²) in [6, 6.07) is 35.7. The van der Waals surface area contributed by atoms with Crippen LogP contribution in [-0.4, -0.2) is 0 Å². The van der Waals surface area contributed by atoms with E-state index in [4.69, 9.17) is 0 Å². The third-order valence-corrected chi connectivity index (χ3v) is 6.36. The van der Waals surface area contributed by atoms with E-state index in [2.05, 4.69) is 97.1 Å². The SMILES string of the molecule is c1ccc2c(c1)-c1cccc3cc4c5ccccc5c5ccccc5c4c-2c13. The van der Waals surface area contributed by atoms with Gasteiger partial charge < -0.3 is 0 Å². The molecule has 0 nitrogen and oxygen atoms in total. The van der Waals surface area contributed by atoms with Gasteiger partial charge in [0.1, 0.15) is 0 Å². The Labute approximate surface area is 162 Å². The van der Waals surface area contributed by atoms with Gasteiger partial charge in [-0.1, -0.05) is 91.0 Å². The molecular formula is C28H16. The summed E-state index contributed by atoms with van der Waals surface area (Å²) >= 11 is 0. The van der Waals surface area contributed by atoms with Crippen molar-refractivity contribution in [2.75, 3.05) is 0 Å². The Morgan fingerprint density at radius 2 is 0.929 bits per heavy atom. The summed E-state index contributed by atoms with van der Waals surface area (Å²) in [5, 5.41) is 10.8. The lowest BCUT2D eigenvalue weighted by atomic mass is 9.88. The first-order chi connectivity index (χ1) is 13.9. The molecule has 0 spiro atoms. The zero-order valence-corrected chi connectivity index (χ0v) is 15.2. The highest BCUT2D eigenvalue weighted by Crippen LogP contribution is 2.52. The van der Waals surface area contributed by atoms with Gasteiger partial charge in [0.15, 0.2) is 0 Å². The second kappa shape index (κ2) is 4.99. The Hall–Kier alpha value is -3.64. The predicted octanol–water partition coefficient (Wildman–Crippen LogP) is 7.95. The molecule has 7 rings (SSSR count). The molecule has 128 valence electrons. The molecule has 0 heterocycles. The van der Waals surface area contributed by atoms with Gasteiger partial charge in [-0.05, 0) is 71.4 Å². The van der Waals surface area contributed by atoms with E-state index < -0.39 is 0 Å². The van der Waals surface area contributed by atoms with Crippen LogP contribution in [0.4, 0.5) is 0 Å². The second-order valence-corrected chi connectivity index (χ2v) is 7.71. The van der Waals surface area contributed by atoms with Gasteiger partial charge in [0.2, 0.25) is 0 Å². The Kier molecular flexibility index (Phi) is 2.57. The van der Waals surface area contributed by atoms with Crippen LogP contribution in [0.1, 0.15) is 0 Å². The molecule has 0 heteroatoms. The smallest absolute Gasteiger partial charge is 0.000785 e. The lowest BCUT2D eigenvalue weighted by molar-refractivity contribution is 1.70. The van der Waals surface area contributed by atoms with E-state index in [1.54, 1.807) is 0 Å². The first kappa shape index (κ1) is 14.4.